The van der Waals surface area contributed by atoms with Gasteiger partial charge in [0.15, 0.2) is 6.61 Å². The van der Waals surface area contributed by atoms with E-state index in [-0.39, 0.29) is 6.61 Å². The molecule has 0 amide bonds. The molecule has 1 unspecified atom stereocenters. The summed E-state index contributed by atoms with van der Waals surface area (Å²) in [7, 11) is 0. The van der Waals surface area contributed by atoms with Crippen LogP contribution in [-0.2, 0) is 14.3 Å². The van der Waals surface area contributed by atoms with Crippen LogP contribution in [-0.4, -0.2) is 24.1 Å². The first-order chi connectivity index (χ1) is 14.1. The van der Waals surface area contributed by atoms with Crippen LogP contribution in [0.25, 0.3) is 0 Å². The molecule has 4 heteroatoms. The molecule has 1 aromatic carbocycles. The zero-order chi connectivity index (χ0) is 22.3. The van der Waals surface area contributed by atoms with Crippen LogP contribution >= 0.6 is 0 Å². The van der Waals surface area contributed by atoms with E-state index in [1.165, 1.54) is 24.8 Å². The highest BCUT2D eigenvalue weighted by atomic mass is 16.6. The summed E-state index contributed by atoms with van der Waals surface area (Å²) >= 11 is 0. The fourth-order valence-corrected chi connectivity index (χ4v) is 4.58. The fraction of sp³-hybridized carbons (Fsp3) is 0.692. The van der Waals surface area contributed by atoms with E-state index >= 15 is 0 Å². The summed E-state index contributed by atoms with van der Waals surface area (Å²) in [5, 5.41) is 0. The molecule has 0 heterocycles. The molecule has 2 rings (SSSR count). The standard InChI is InChI=1S/C26H40O4/c1-18(2)16-23(19(3)4)20-12-14-21(15-13-20)25(28)29-17-24(27)30-26(5,6)22-10-8-7-9-11-22/h12-15,18-19,22-23H,7-11,16-17H2,1-6H3. The van der Waals surface area contributed by atoms with Gasteiger partial charge in [0, 0.05) is 0 Å². The van der Waals surface area contributed by atoms with E-state index in [1.54, 1.807) is 12.1 Å². The molecule has 0 saturated heterocycles. The third kappa shape index (κ3) is 7.14. The quantitative estimate of drug-likeness (QED) is 0.429. The van der Waals surface area contributed by atoms with Crippen molar-refractivity contribution < 1.29 is 19.1 Å². The van der Waals surface area contributed by atoms with Crippen molar-refractivity contribution in [3.8, 4) is 0 Å². The van der Waals surface area contributed by atoms with E-state index < -0.39 is 17.5 Å². The molecule has 0 radical (unpaired) electrons. The van der Waals surface area contributed by atoms with Crippen LogP contribution in [0.4, 0.5) is 0 Å². The van der Waals surface area contributed by atoms with Crippen molar-refractivity contribution in [1.82, 2.24) is 0 Å². The molecule has 4 nitrogen and oxygen atoms in total. The normalized spacial score (nSPS) is 16.5. The predicted molar refractivity (Wildman–Crippen MR) is 121 cm³/mol. The lowest BCUT2D eigenvalue weighted by atomic mass is 9.79. The average Bonchev–Trinajstić information content (AvgIpc) is 2.70. The first-order valence-electron chi connectivity index (χ1n) is 11.6. The zero-order valence-corrected chi connectivity index (χ0v) is 19.7. The Morgan fingerprint density at radius 1 is 1.00 bits per heavy atom. The van der Waals surface area contributed by atoms with Gasteiger partial charge in [-0.1, -0.05) is 59.1 Å². The second kappa shape index (κ2) is 11.0. The largest absolute Gasteiger partial charge is 0.457 e. The molecular weight excluding hydrogens is 376 g/mol. The smallest absolute Gasteiger partial charge is 0.344 e. The molecule has 0 aromatic heterocycles. The molecule has 1 aliphatic rings. The predicted octanol–water partition coefficient (Wildman–Crippen LogP) is 6.53. The van der Waals surface area contributed by atoms with E-state index in [4.69, 9.17) is 9.47 Å². The highest BCUT2D eigenvalue weighted by Gasteiger charge is 2.34. The number of hydrogen-bond acceptors (Lipinski definition) is 4. The average molecular weight is 417 g/mol. The van der Waals surface area contributed by atoms with Crippen molar-refractivity contribution in [3.63, 3.8) is 0 Å². The van der Waals surface area contributed by atoms with Gasteiger partial charge in [-0.25, -0.2) is 9.59 Å². The first-order valence-corrected chi connectivity index (χ1v) is 11.6. The summed E-state index contributed by atoms with van der Waals surface area (Å²) in [6.07, 6.45) is 6.91. The molecule has 1 fully saturated rings. The molecular formula is C26H40O4. The number of carbonyl (C=O) groups excluding carboxylic acids is 2. The third-order valence-electron chi connectivity index (χ3n) is 6.39. The molecule has 0 spiro atoms. The Labute approximate surface area is 182 Å². The summed E-state index contributed by atoms with van der Waals surface area (Å²) < 4.78 is 10.9. The molecule has 1 aromatic rings. The third-order valence-corrected chi connectivity index (χ3v) is 6.39. The minimum absolute atomic E-state index is 0.349. The highest BCUT2D eigenvalue weighted by molar-refractivity contribution is 5.90. The van der Waals surface area contributed by atoms with Gasteiger partial charge in [-0.15, -0.1) is 0 Å². The van der Waals surface area contributed by atoms with Crippen LogP contribution < -0.4 is 0 Å². The molecule has 0 bridgehead atoms. The summed E-state index contributed by atoms with van der Waals surface area (Å²) in [6.45, 7) is 12.5. The number of esters is 2. The maximum Gasteiger partial charge on any atom is 0.344 e. The molecule has 1 aliphatic carbocycles. The minimum atomic E-state index is -0.520. The Balaban J connectivity index is 1.89. The SMILES string of the molecule is CC(C)CC(c1ccc(C(=O)OCC(=O)OC(C)(C)C2CCCCC2)cc1)C(C)C. The topological polar surface area (TPSA) is 52.6 Å². The maximum atomic E-state index is 12.4. The Morgan fingerprint density at radius 3 is 2.13 bits per heavy atom. The van der Waals surface area contributed by atoms with Crippen molar-refractivity contribution >= 4 is 11.9 Å². The summed E-state index contributed by atoms with van der Waals surface area (Å²) in [6, 6.07) is 7.61. The van der Waals surface area contributed by atoms with Crippen LogP contribution in [0.2, 0.25) is 0 Å². The van der Waals surface area contributed by atoms with Crippen LogP contribution in [0.15, 0.2) is 24.3 Å². The van der Waals surface area contributed by atoms with E-state index in [9.17, 15) is 9.59 Å². The Hall–Kier alpha value is -1.84. The molecule has 1 saturated carbocycles. The number of benzene rings is 1. The highest BCUT2D eigenvalue weighted by Crippen LogP contribution is 2.35. The number of carbonyl (C=O) groups is 2. The van der Waals surface area contributed by atoms with Gasteiger partial charge in [-0.3, -0.25) is 0 Å². The number of hydrogen-bond donors (Lipinski definition) is 0. The van der Waals surface area contributed by atoms with Crippen LogP contribution in [0.1, 0.15) is 102 Å². The van der Waals surface area contributed by atoms with Crippen molar-refractivity contribution in [2.75, 3.05) is 6.61 Å². The lowest BCUT2D eigenvalue weighted by molar-refractivity contribution is -0.166. The van der Waals surface area contributed by atoms with Gasteiger partial charge in [-0.2, -0.15) is 0 Å². The van der Waals surface area contributed by atoms with Crippen LogP contribution in [0.3, 0.4) is 0 Å². The van der Waals surface area contributed by atoms with Gasteiger partial charge in [0.2, 0.25) is 0 Å². The Morgan fingerprint density at radius 2 is 1.60 bits per heavy atom. The van der Waals surface area contributed by atoms with Gasteiger partial charge >= 0.3 is 11.9 Å². The minimum Gasteiger partial charge on any atom is -0.457 e. The molecule has 0 aliphatic heterocycles. The maximum absolute atomic E-state index is 12.4. The summed E-state index contributed by atoms with van der Waals surface area (Å²) in [5.74, 6) is 1.02. The van der Waals surface area contributed by atoms with Gasteiger partial charge in [0.05, 0.1) is 5.56 Å². The van der Waals surface area contributed by atoms with Crippen LogP contribution in [0, 0.1) is 17.8 Å². The molecule has 168 valence electrons. The zero-order valence-electron chi connectivity index (χ0n) is 19.7. The van der Waals surface area contributed by atoms with E-state index in [0.717, 1.165) is 19.3 Å². The van der Waals surface area contributed by atoms with Crippen molar-refractivity contribution in [2.24, 2.45) is 17.8 Å². The van der Waals surface area contributed by atoms with E-state index in [0.29, 0.717) is 29.2 Å². The molecule has 0 N–H and O–H groups in total. The van der Waals surface area contributed by atoms with E-state index in [2.05, 4.69) is 27.7 Å². The first kappa shape index (κ1) is 24.4. The van der Waals surface area contributed by atoms with Gasteiger partial charge in [0.1, 0.15) is 5.60 Å². The summed E-state index contributed by atoms with van der Waals surface area (Å²) in [5.41, 5.74) is 1.18. The van der Waals surface area contributed by atoms with Crippen molar-refractivity contribution in [3.05, 3.63) is 35.4 Å². The van der Waals surface area contributed by atoms with Gasteiger partial charge < -0.3 is 9.47 Å². The monoisotopic (exact) mass is 416 g/mol. The Bertz CT molecular complexity index is 681. The van der Waals surface area contributed by atoms with E-state index in [1.807, 2.05) is 26.0 Å². The molecule has 30 heavy (non-hydrogen) atoms. The van der Waals surface area contributed by atoms with Gasteiger partial charge in [-0.05, 0) is 74.5 Å². The fourth-order valence-electron chi connectivity index (χ4n) is 4.58. The second-order valence-corrected chi connectivity index (χ2v) is 10.1. The number of rotatable bonds is 9. The van der Waals surface area contributed by atoms with Crippen molar-refractivity contribution in [2.45, 2.75) is 91.6 Å². The Kier molecular flexibility index (Phi) is 8.93. The lowest BCUT2D eigenvalue weighted by Gasteiger charge is -2.36. The lowest BCUT2D eigenvalue weighted by Crippen LogP contribution is -2.39. The second-order valence-electron chi connectivity index (χ2n) is 10.1. The summed E-state index contributed by atoms with van der Waals surface area (Å²) in [4.78, 5) is 24.6. The van der Waals surface area contributed by atoms with Gasteiger partial charge in [0.25, 0.3) is 0 Å². The van der Waals surface area contributed by atoms with Crippen LogP contribution in [0.5, 0.6) is 0 Å². The molecule has 1 atom stereocenters. The number of ether oxygens (including phenoxy) is 2. The van der Waals surface area contributed by atoms with Crippen molar-refractivity contribution in [1.29, 1.82) is 0 Å².